The Morgan fingerprint density at radius 3 is 2.96 bits per heavy atom. The molecule has 0 spiro atoms. The number of nitrogens with zero attached hydrogens (tertiary/aromatic N) is 3. The monoisotopic (exact) mass is 385 g/mol. The SMILES string of the molecule is CC(Cc1ccc2c(c1)OCO2)N=Nc1nc(-c2cccc(Cl)c2)cs1. The van der Waals surface area contributed by atoms with Crippen molar-refractivity contribution in [1.82, 2.24) is 4.98 Å². The zero-order valence-electron chi connectivity index (χ0n) is 14.1. The third-order valence-electron chi connectivity index (χ3n) is 3.92. The second-order valence-electron chi connectivity index (χ2n) is 5.98. The maximum atomic E-state index is 6.03. The van der Waals surface area contributed by atoms with Crippen LogP contribution in [-0.4, -0.2) is 17.8 Å². The molecule has 1 atom stereocenters. The van der Waals surface area contributed by atoms with E-state index in [1.54, 1.807) is 0 Å². The fourth-order valence-corrected chi connectivity index (χ4v) is 3.53. The molecule has 1 unspecified atom stereocenters. The molecule has 7 heteroatoms. The summed E-state index contributed by atoms with van der Waals surface area (Å²) in [4.78, 5) is 4.51. The molecular formula is C19H16ClN3O2S. The summed E-state index contributed by atoms with van der Waals surface area (Å²) in [6.45, 7) is 2.31. The third kappa shape index (κ3) is 3.86. The quantitative estimate of drug-likeness (QED) is 0.513. The standard InChI is InChI=1S/C19H16ClN3O2S/c1-12(7-13-5-6-17-18(8-13)25-11-24-17)22-23-19-21-16(10-26-19)14-3-2-4-15(20)9-14/h2-6,8-10,12H,7,11H2,1H3. The summed E-state index contributed by atoms with van der Waals surface area (Å²) in [5.41, 5.74) is 2.97. The van der Waals surface area contributed by atoms with Gasteiger partial charge in [0.25, 0.3) is 0 Å². The second kappa shape index (κ2) is 7.43. The van der Waals surface area contributed by atoms with Crippen LogP contribution in [0.2, 0.25) is 5.02 Å². The zero-order valence-corrected chi connectivity index (χ0v) is 15.6. The van der Waals surface area contributed by atoms with Crippen LogP contribution >= 0.6 is 22.9 Å². The molecule has 2 aromatic carbocycles. The van der Waals surface area contributed by atoms with E-state index in [2.05, 4.69) is 15.2 Å². The summed E-state index contributed by atoms with van der Waals surface area (Å²) in [6.07, 6.45) is 0.771. The maximum Gasteiger partial charge on any atom is 0.231 e. The van der Waals surface area contributed by atoms with Crippen molar-refractivity contribution in [3.05, 3.63) is 58.4 Å². The molecule has 0 fully saturated rings. The van der Waals surface area contributed by atoms with Crippen LogP contribution in [0.3, 0.4) is 0 Å². The lowest BCUT2D eigenvalue weighted by Crippen LogP contribution is -2.01. The minimum Gasteiger partial charge on any atom is -0.454 e. The van der Waals surface area contributed by atoms with E-state index in [1.165, 1.54) is 11.3 Å². The van der Waals surface area contributed by atoms with Gasteiger partial charge in [-0.3, -0.25) is 0 Å². The molecule has 1 aliphatic heterocycles. The molecule has 0 radical (unpaired) electrons. The number of aromatic nitrogens is 1. The Labute approximate surface area is 160 Å². The van der Waals surface area contributed by atoms with E-state index >= 15 is 0 Å². The van der Waals surface area contributed by atoms with Gasteiger partial charge in [-0.15, -0.1) is 16.5 Å². The Bertz CT molecular complexity index is 957. The van der Waals surface area contributed by atoms with Gasteiger partial charge in [0.15, 0.2) is 11.5 Å². The average Bonchev–Trinajstić information content (AvgIpc) is 3.29. The molecule has 4 rings (SSSR count). The van der Waals surface area contributed by atoms with Crippen LogP contribution in [0.15, 0.2) is 58.1 Å². The predicted octanol–water partition coefficient (Wildman–Crippen LogP) is 5.91. The molecular weight excluding hydrogens is 370 g/mol. The molecule has 1 aliphatic rings. The molecule has 5 nitrogen and oxygen atoms in total. The predicted molar refractivity (Wildman–Crippen MR) is 103 cm³/mol. The molecule has 0 amide bonds. The summed E-state index contributed by atoms with van der Waals surface area (Å²) in [5.74, 6) is 1.58. The summed E-state index contributed by atoms with van der Waals surface area (Å²) in [5, 5.41) is 12.0. The van der Waals surface area contributed by atoms with E-state index in [0.29, 0.717) is 10.2 Å². The van der Waals surface area contributed by atoms with E-state index in [9.17, 15) is 0 Å². The van der Waals surface area contributed by atoms with Crippen molar-refractivity contribution in [2.24, 2.45) is 10.2 Å². The van der Waals surface area contributed by atoms with Crippen molar-refractivity contribution < 1.29 is 9.47 Å². The van der Waals surface area contributed by atoms with Crippen molar-refractivity contribution in [1.29, 1.82) is 0 Å². The normalized spacial score (nSPS) is 14.1. The first-order valence-corrected chi connectivity index (χ1v) is 9.44. The van der Waals surface area contributed by atoms with Gasteiger partial charge in [-0.2, -0.15) is 5.11 Å². The molecule has 2 heterocycles. The van der Waals surface area contributed by atoms with Crippen molar-refractivity contribution in [2.75, 3.05) is 6.79 Å². The highest BCUT2D eigenvalue weighted by Crippen LogP contribution is 2.33. The Hall–Kier alpha value is -2.44. The lowest BCUT2D eigenvalue weighted by atomic mass is 10.1. The Balaban J connectivity index is 1.41. The first-order valence-electron chi connectivity index (χ1n) is 8.18. The molecule has 132 valence electrons. The number of thiazole rings is 1. The van der Waals surface area contributed by atoms with Crippen molar-refractivity contribution in [3.8, 4) is 22.8 Å². The van der Waals surface area contributed by atoms with E-state index in [0.717, 1.165) is 34.7 Å². The highest BCUT2D eigenvalue weighted by atomic mass is 35.5. The summed E-state index contributed by atoms with van der Waals surface area (Å²) >= 11 is 7.50. The number of fused-ring (bicyclic) bond motifs is 1. The Kier molecular flexibility index (Phi) is 4.86. The molecule has 26 heavy (non-hydrogen) atoms. The van der Waals surface area contributed by atoms with E-state index in [1.807, 2.05) is 54.8 Å². The van der Waals surface area contributed by atoms with Gasteiger partial charge in [-0.05, 0) is 43.2 Å². The largest absolute Gasteiger partial charge is 0.454 e. The Morgan fingerprint density at radius 1 is 1.19 bits per heavy atom. The smallest absolute Gasteiger partial charge is 0.231 e. The van der Waals surface area contributed by atoms with Crippen molar-refractivity contribution >= 4 is 28.1 Å². The number of hydrogen-bond donors (Lipinski definition) is 0. The molecule has 0 aliphatic carbocycles. The van der Waals surface area contributed by atoms with Gasteiger partial charge in [-0.25, -0.2) is 4.98 Å². The number of hydrogen-bond acceptors (Lipinski definition) is 6. The zero-order chi connectivity index (χ0) is 17.9. The lowest BCUT2D eigenvalue weighted by Gasteiger charge is -2.05. The van der Waals surface area contributed by atoms with Crippen LogP contribution in [0, 0.1) is 0 Å². The first kappa shape index (κ1) is 17.0. The molecule has 1 aromatic heterocycles. The molecule has 0 saturated carbocycles. The van der Waals surface area contributed by atoms with E-state index < -0.39 is 0 Å². The molecule has 0 bridgehead atoms. The average molecular weight is 386 g/mol. The molecule has 0 N–H and O–H groups in total. The first-order chi connectivity index (χ1) is 12.7. The minimum atomic E-state index is 0.0360. The van der Waals surface area contributed by atoms with Crippen LogP contribution in [0.5, 0.6) is 11.5 Å². The molecule has 0 saturated heterocycles. The van der Waals surface area contributed by atoms with Crippen molar-refractivity contribution in [3.63, 3.8) is 0 Å². The fourth-order valence-electron chi connectivity index (χ4n) is 2.69. The third-order valence-corrected chi connectivity index (χ3v) is 4.88. The second-order valence-corrected chi connectivity index (χ2v) is 7.25. The van der Waals surface area contributed by atoms with Crippen LogP contribution < -0.4 is 9.47 Å². The molecule has 3 aromatic rings. The van der Waals surface area contributed by atoms with Gasteiger partial charge in [0.2, 0.25) is 11.9 Å². The van der Waals surface area contributed by atoms with Gasteiger partial charge in [0.1, 0.15) is 0 Å². The number of halogens is 1. The summed E-state index contributed by atoms with van der Waals surface area (Å²) in [7, 11) is 0. The van der Waals surface area contributed by atoms with Gasteiger partial charge in [0.05, 0.1) is 11.7 Å². The highest BCUT2D eigenvalue weighted by Gasteiger charge is 2.14. The van der Waals surface area contributed by atoms with E-state index in [-0.39, 0.29) is 12.8 Å². The number of azo groups is 1. The van der Waals surface area contributed by atoms with Gasteiger partial charge < -0.3 is 9.47 Å². The van der Waals surface area contributed by atoms with Crippen LogP contribution in [0.25, 0.3) is 11.3 Å². The topological polar surface area (TPSA) is 56.1 Å². The minimum absolute atomic E-state index is 0.0360. The summed E-state index contributed by atoms with van der Waals surface area (Å²) < 4.78 is 10.7. The van der Waals surface area contributed by atoms with Gasteiger partial charge >= 0.3 is 0 Å². The van der Waals surface area contributed by atoms with Gasteiger partial charge in [-0.1, -0.05) is 29.8 Å². The van der Waals surface area contributed by atoms with Crippen LogP contribution in [-0.2, 0) is 6.42 Å². The van der Waals surface area contributed by atoms with Crippen LogP contribution in [0.1, 0.15) is 12.5 Å². The highest BCUT2D eigenvalue weighted by molar-refractivity contribution is 7.13. The Morgan fingerprint density at radius 2 is 2.08 bits per heavy atom. The number of benzene rings is 2. The van der Waals surface area contributed by atoms with E-state index in [4.69, 9.17) is 21.1 Å². The lowest BCUT2D eigenvalue weighted by molar-refractivity contribution is 0.174. The fraction of sp³-hybridized carbons (Fsp3) is 0.211. The van der Waals surface area contributed by atoms with Crippen molar-refractivity contribution in [2.45, 2.75) is 19.4 Å². The summed E-state index contributed by atoms with van der Waals surface area (Å²) in [6, 6.07) is 13.6. The van der Waals surface area contributed by atoms with Crippen LogP contribution in [0.4, 0.5) is 5.13 Å². The number of ether oxygens (including phenoxy) is 2. The number of rotatable bonds is 5. The van der Waals surface area contributed by atoms with Gasteiger partial charge in [0, 0.05) is 16.0 Å². The maximum absolute atomic E-state index is 6.03.